The Labute approximate surface area is 153 Å². The highest BCUT2D eigenvalue weighted by Crippen LogP contribution is 2.28. The van der Waals surface area contributed by atoms with Gasteiger partial charge in [-0.2, -0.15) is 0 Å². The van der Waals surface area contributed by atoms with Crippen molar-refractivity contribution in [2.75, 3.05) is 33.4 Å². The lowest BCUT2D eigenvalue weighted by atomic mass is 9.93. The van der Waals surface area contributed by atoms with Gasteiger partial charge in [-0.25, -0.2) is 14.8 Å². The van der Waals surface area contributed by atoms with Crippen molar-refractivity contribution in [1.82, 2.24) is 14.9 Å². The molecule has 1 aliphatic rings. The van der Waals surface area contributed by atoms with Crippen LogP contribution in [0.3, 0.4) is 0 Å². The van der Waals surface area contributed by atoms with Crippen LogP contribution in [0.5, 0.6) is 0 Å². The van der Waals surface area contributed by atoms with Gasteiger partial charge < -0.3 is 14.7 Å². The molecular weight excluding hydrogens is 330 g/mol. The SMILES string of the molecule is COCCN1CCCC(c2cc(-c3ccc(C(=O)O)cc3)nc(C)n2)C1. The third-order valence-electron chi connectivity index (χ3n) is 4.82. The van der Waals surface area contributed by atoms with Crippen LogP contribution >= 0.6 is 0 Å². The highest BCUT2D eigenvalue weighted by atomic mass is 16.5. The number of carboxylic acids is 1. The summed E-state index contributed by atoms with van der Waals surface area (Å²) in [5.74, 6) is 0.211. The van der Waals surface area contributed by atoms with Gasteiger partial charge in [0.25, 0.3) is 0 Å². The van der Waals surface area contributed by atoms with Crippen LogP contribution in [0.4, 0.5) is 0 Å². The molecule has 6 nitrogen and oxygen atoms in total. The number of likely N-dealkylation sites (tertiary alicyclic amines) is 1. The number of hydrogen-bond acceptors (Lipinski definition) is 5. The van der Waals surface area contributed by atoms with Crippen LogP contribution in [-0.2, 0) is 4.74 Å². The fraction of sp³-hybridized carbons (Fsp3) is 0.450. The quantitative estimate of drug-likeness (QED) is 0.858. The molecule has 0 aliphatic carbocycles. The Bertz CT molecular complexity index is 761. The first kappa shape index (κ1) is 18.5. The first-order valence-corrected chi connectivity index (χ1v) is 8.97. The van der Waals surface area contributed by atoms with E-state index in [1.165, 1.54) is 0 Å². The van der Waals surface area contributed by atoms with Crippen molar-refractivity contribution in [3.63, 3.8) is 0 Å². The van der Waals surface area contributed by atoms with E-state index < -0.39 is 5.97 Å². The molecule has 1 fully saturated rings. The van der Waals surface area contributed by atoms with Crippen LogP contribution in [0.25, 0.3) is 11.3 Å². The van der Waals surface area contributed by atoms with Gasteiger partial charge in [0.15, 0.2) is 0 Å². The second kappa shape index (κ2) is 8.38. The smallest absolute Gasteiger partial charge is 0.335 e. The molecule has 138 valence electrons. The van der Waals surface area contributed by atoms with Crippen molar-refractivity contribution in [3.8, 4) is 11.3 Å². The maximum Gasteiger partial charge on any atom is 0.335 e. The van der Waals surface area contributed by atoms with Crippen LogP contribution in [-0.4, -0.2) is 59.3 Å². The number of aromatic nitrogens is 2. The molecule has 0 bridgehead atoms. The number of aryl methyl sites for hydroxylation is 1. The standard InChI is InChI=1S/C20H25N3O3/c1-14-21-18(15-5-7-16(8-6-15)20(24)25)12-19(22-14)17-4-3-9-23(13-17)10-11-26-2/h5-8,12,17H,3-4,9-11,13H2,1-2H3,(H,24,25). The molecule has 1 saturated heterocycles. The van der Waals surface area contributed by atoms with Gasteiger partial charge in [0.2, 0.25) is 0 Å². The summed E-state index contributed by atoms with van der Waals surface area (Å²) in [6.07, 6.45) is 2.28. The van der Waals surface area contributed by atoms with Crippen molar-refractivity contribution < 1.29 is 14.6 Å². The van der Waals surface area contributed by atoms with Crippen molar-refractivity contribution in [3.05, 3.63) is 47.4 Å². The normalized spacial score (nSPS) is 18.0. The topological polar surface area (TPSA) is 75.5 Å². The lowest BCUT2D eigenvalue weighted by Gasteiger charge is -2.32. The Kier molecular flexibility index (Phi) is 5.96. The van der Waals surface area contributed by atoms with Crippen LogP contribution in [0.2, 0.25) is 0 Å². The average molecular weight is 355 g/mol. The molecule has 0 radical (unpaired) electrons. The van der Waals surface area contributed by atoms with Gasteiger partial charge >= 0.3 is 5.97 Å². The Morgan fingerprint density at radius 1 is 1.31 bits per heavy atom. The second-order valence-corrected chi connectivity index (χ2v) is 6.74. The minimum absolute atomic E-state index is 0.279. The van der Waals surface area contributed by atoms with E-state index in [-0.39, 0.29) is 5.56 Å². The number of carbonyl (C=O) groups is 1. The summed E-state index contributed by atoms with van der Waals surface area (Å²) < 4.78 is 5.20. The van der Waals surface area contributed by atoms with Gasteiger partial charge in [-0.05, 0) is 44.5 Å². The van der Waals surface area contributed by atoms with E-state index in [1.807, 2.05) is 13.0 Å². The van der Waals surface area contributed by atoms with Crippen molar-refractivity contribution in [2.45, 2.75) is 25.7 Å². The summed E-state index contributed by atoms with van der Waals surface area (Å²) in [7, 11) is 1.73. The maximum absolute atomic E-state index is 11.0. The van der Waals surface area contributed by atoms with Crippen LogP contribution < -0.4 is 0 Å². The number of piperidine rings is 1. The number of carboxylic acid groups (broad SMARTS) is 1. The second-order valence-electron chi connectivity index (χ2n) is 6.74. The highest BCUT2D eigenvalue weighted by Gasteiger charge is 2.23. The zero-order valence-electron chi connectivity index (χ0n) is 15.3. The van der Waals surface area contributed by atoms with Gasteiger partial charge in [0.1, 0.15) is 5.82 Å². The Balaban J connectivity index is 1.82. The van der Waals surface area contributed by atoms with E-state index >= 15 is 0 Å². The molecule has 0 amide bonds. The highest BCUT2D eigenvalue weighted by molar-refractivity contribution is 5.88. The molecule has 1 aromatic carbocycles. The molecule has 1 unspecified atom stereocenters. The van der Waals surface area contributed by atoms with Crippen LogP contribution in [0.1, 0.15) is 40.6 Å². The van der Waals surface area contributed by atoms with E-state index in [0.717, 1.165) is 61.9 Å². The summed E-state index contributed by atoms with van der Waals surface area (Å²) in [5.41, 5.74) is 3.10. The largest absolute Gasteiger partial charge is 0.478 e. The van der Waals surface area contributed by atoms with E-state index in [2.05, 4.69) is 14.9 Å². The molecule has 1 atom stereocenters. The minimum atomic E-state index is -0.922. The molecule has 0 spiro atoms. The predicted octanol–water partition coefficient (Wildman–Crippen LogP) is 2.98. The molecule has 26 heavy (non-hydrogen) atoms. The molecule has 6 heteroatoms. The summed E-state index contributed by atoms with van der Waals surface area (Å²) in [6, 6.07) is 8.89. The van der Waals surface area contributed by atoms with Gasteiger partial charge in [0.05, 0.1) is 17.9 Å². The van der Waals surface area contributed by atoms with E-state index in [0.29, 0.717) is 5.92 Å². The third kappa shape index (κ3) is 4.45. The maximum atomic E-state index is 11.0. The zero-order valence-corrected chi connectivity index (χ0v) is 15.3. The summed E-state index contributed by atoms with van der Waals surface area (Å²) in [4.78, 5) is 22.7. The summed E-state index contributed by atoms with van der Waals surface area (Å²) >= 11 is 0. The fourth-order valence-corrected chi connectivity index (χ4v) is 3.45. The number of methoxy groups -OCH3 is 1. The molecule has 2 aromatic rings. The number of aromatic carboxylic acids is 1. The summed E-state index contributed by atoms with van der Waals surface area (Å²) in [5, 5.41) is 9.05. The minimum Gasteiger partial charge on any atom is -0.478 e. The first-order valence-electron chi connectivity index (χ1n) is 8.97. The summed E-state index contributed by atoms with van der Waals surface area (Å²) in [6.45, 7) is 5.69. The number of hydrogen-bond donors (Lipinski definition) is 1. The number of nitrogens with zero attached hydrogens (tertiary/aromatic N) is 3. The van der Waals surface area contributed by atoms with Gasteiger partial charge in [-0.1, -0.05) is 12.1 Å². The van der Waals surface area contributed by atoms with Gasteiger partial charge in [0, 0.05) is 37.4 Å². The first-order chi connectivity index (χ1) is 12.6. The number of benzene rings is 1. The van der Waals surface area contributed by atoms with Gasteiger partial charge in [-0.15, -0.1) is 0 Å². The Morgan fingerprint density at radius 3 is 2.77 bits per heavy atom. The van der Waals surface area contributed by atoms with Crippen molar-refractivity contribution >= 4 is 5.97 Å². The monoisotopic (exact) mass is 355 g/mol. The van der Waals surface area contributed by atoms with Crippen LogP contribution in [0, 0.1) is 6.92 Å². The molecule has 1 N–H and O–H groups in total. The lowest BCUT2D eigenvalue weighted by molar-refractivity contribution is 0.0697. The third-order valence-corrected chi connectivity index (χ3v) is 4.82. The van der Waals surface area contributed by atoms with Crippen LogP contribution in [0.15, 0.2) is 30.3 Å². The van der Waals surface area contributed by atoms with E-state index in [4.69, 9.17) is 9.84 Å². The van der Waals surface area contributed by atoms with Crippen molar-refractivity contribution in [1.29, 1.82) is 0 Å². The Hall–Kier alpha value is -2.31. The van der Waals surface area contributed by atoms with E-state index in [9.17, 15) is 4.79 Å². The van der Waals surface area contributed by atoms with Gasteiger partial charge in [-0.3, -0.25) is 0 Å². The Morgan fingerprint density at radius 2 is 2.08 bits per heavy atom. The molecule has 1 aliphatic heterocycles. The lowest BCUT2D eigenvalue weighted by Crippen LogP contribution is -2.36. The van der Waals surface area contributed by atoms with E-state index in [1.54, 1.807) is 31.4 Å². The molecule has 3 rings (SSSR count). The average Bonchev–Trinajstić information content (AvgIpc) is 2.66. The molecule has 0 saturated carbocycles. The van der Waals surface area contributed by atoms with Crippen molar-refractivity contribution in [2.24, 2.45) is 0 Å². The molecule has 2 heterocycles. The fourth-order valence-electron chi connectivity index (χ4n) is 3.45. The molecular formula is C20H25N3O3. The zero-order chi connectivity index (χ0) is 18.5. The number of ether oxygens (including phenoxy) is 1. The number of rotatable bonds is 6. The predicted molar refractivity (Wildman–Crippen MR) is 99.5 cm³/mol. The molecule has 1 aromatic heterocycles.